The molecule has 0 aliphatic heterocycles. The number of carbonyl (C=O) groups excluding carboxylic acids is 1. The Balaban J connectivity index is 1.84. The lowest BCUT2D eigenvalue weighted by Crippen LogP contribution is -2.13. The number of hydrogen-bond acceptors (Lipinski definition) is 2. The number of hydrogen-bond donors (Lipinski definition) is 1. The van der Waals surface area contributed by atoms with E-state index in [0.29, 0.717) is 5.56 Å². The number of amides is 1. The highest BCUT2D eigenvalue weighted by atomic mass is 16.5. The fraction of sp³-hybridized carbons (Fsp3) is 0.115. The van der Waals surface area contributed by atoms with E-state index in [2.05, 4.69) is 9.88 Å². The first kappa shape index (κ1) is 19.5. The number of aromatic nitrogens is 1. The molecule has 1 aromatic heterocycles. The van der Waals surface area contributed by atoms with Gasteiger partial charge in [0.2, 0.25) is 0 Å². The smallest absolute Gasteiger partial charge is 0.257 e. The van der Waals surface area contributed by atoms with Crippen molar-refractivity contribution >= 4 is 11.6 Å². The molecule has 4 nitrogen and oxygen atoms in total. The van der Waals surface area contributed by atoms with Crippen molar-refractivity contribution in [3.8, 4) is 22.7 Å². The standard InChI is InChI=1S/C26H24N2O2/c1-18-13-15-21(16-14-18)27-26(29)22-17-24(20-9-5-4-6-10-20)28(19(22)2)23-11-7-8-12-25(23)30-3/h4-17H,1-3H3,(H,27,29). The second-order valence-electron chi connectivity index (χ2n) is 7.22. The molecule has 1 N–H and O–H groups in total. The van der Waals surface area contributed by atoms with E-state index in [9.17, 15) is 4.79 Å². The van der Waals surface area contributed by atoms with Crippen molar-refractivity contribution in [2.45, 2.75) is 13.8 Å². The maximum absolute atomic E-state index is 13.1. The molecule has 0 radical (unpaired) electrons. The van der Waals surface area contributed by atoms with E-state index in [-0.39, 0.29) is 5.91 Å². The zero-order valence-corrected chi connectivity index (χ0v) is 17.3. The Kier molecular flexibility index (Phi) is 5.40. The van der Waals surface area contributed by atoms with Gasteiger partial charge in [-0.25, -0.2) is 0 Å². The van der Waals surface area contributed by atoms with Crippen molar-refractivity contribution < 1.29 is 9.53 Å². The number of nitrogens with one attached hydrogen (secondary N) is 1. The number of aryl methyl sites for hydroxylation is 1. The third-order valence-electron chi connectivity index (χ3n) is 5.20. The van der Waals surface area contributed by atoms with Gasteiger partial charge in [-0.15, -0.1) is 0 Å². The predicted octanol–water partition coefficient (Wildman–Crippen LogP) is 6.02. The number of carbonyl (C=O) groups is 1. The van der Waals surface area contributed by atoms with Crippen LogP contribution in [0.2, 0.25) is 0 Å². The van der Waals surface area contributed by atoms with Gasteiger partial charge in [0.05, 0.1) is 24.1 Å². The summed E-state index contributed by atoms with van der Waals surface area (Å²) < 4.78 is 7.68. The normalized spacial score (nSPS) is 10.6. The third kappa shape index (κ3) is 3.72. The zero-order chi connectivity index (χ0) is 21.1. The molecule has 0 bridgehead atoms. The first-order valence-electron chi connectivity index (χ1n) is 9.87. The summed E-state index contributed by atoms with van der Waals surface area (Å²) in [6.07, 6.45) is 0. The van der Waals surface area contributed by atoms with Crippen LogP contribution in [-0.4, -0.2) is 17.6 Å². The van der Waals surface area contributed by atoms with Gasteiger partial charge in [0.1, 0.15) is 5.75 Å². The van der Waals surface area contributed by atoms with E-state index >= 15 is 0 Å². The quantitative estimate of drug-likeness (QED) is 0.448. The molecule has 1 heterocycles. The second-order valence-corrected chi connectivity index (χ2v) is 7.22. The maximum Gasteiger partial charge on any atom is 0.257 e. The second kappa shape index (κ2) is 8.29. The number of benzene rings is 3. The van der Waals surface area contributed by atoms with Gasteiger partial charge >= 0.3 is 0 Å². The van der Waals surface area contributed by atoms with Gasteiger partial charge in [-0.3, -0.25) is 4.79 Å². The van der Waals surface area contributed by atoms with Crippen LogP contribution in [0.1, 0.15) is 21.6 Å². The highest BCUT2D eigenvalue weighted by molar-refractivity contribution is 6.06. The Bertz CT molecular complexity index is 1180. The van der Waals surface area contributed by atoms with Gasteiger partial charge in [-0.2, -0.15) is 0 Å². The minimum Gasteiger partial charge on any atom is -0.495 e. The van der Waals surface area contributed by atoms with E-state index in [1.807, 2.05) is 98.8 Å². The number of anilines is 1. The molecule has 0 atom stereocenters. The van der Waals surface area contributed by atoms with Crippen LogP contribution in [0.25, 0.3) is 16.9 Å². The number of methoxy groups -OCH3 is 1. The Labute approximate surface area is 176 Å². The summed E-state index contributed by atoms with van der Waals surface area (Å²) in [7, 11) is 1.66. The van der Waals surface area contributed by atoms with Crippen molar-refractivity contribution in [2.75, 3.05) is 12.4 Å². The molecule has 30 heavy (non-hydrogen) atoms. The molecule has 0 saturated heterocycles. The molecule has 4 rings (SSSR count). The number of para-hydroxylation sites is 2. The van der Waals surface area contributed by atoms with Crippen LogP contribution in [-0.2, 0) is 0 Å². The van der Waals surface area contributed by atoms with E-state index < -0.39 is 0 Å². The molecular weight excluding hydrogens is 372 g/mol. The van der Waals surface area contributed by atoms with Gasteiger partial charge in [0, 0.05) is 11.4 Å². The first-order valence-corrected chi connectivity index (χ1v) is 9.87. The fourth-order valence-electron chi connectivity index (χ4n) is 3.62. The lowest BCUT2D eigenvalue weighted by molar-refractivity contribution is 0.102. The predicted molar refractivity (Wildman–Crippen MR) is 122 cm³/mol. The lowest BCUT2D eigenvalue weighted by atomic mass is 10.1. The molecule has 1 amide bonds. The van der Waals surface area contributed by atoms with Crippen LogP contribution in [0.4, 0.5) is 5.69 Å². The van der Waals surface area contributed by atoms with E-state index in [1.165, 1.54) is 0 Å². The molecule has 0 aliphatic carbocycles. The van der Waals surface area contributed by atoms with E-state index in [1.54, 1.807) is 7.11 Å². The lowest BCUT2D eigenvalue weighted by Gasteiger charge is -2.15. The van der Waals surface area contributed by atoms with Crippen LogP contribution < -0.4 is 10.1 Å². The summed E-state index contributed by atoms with van der Waals surface area (Å²) in [4.78, 5) is 13.1. The minimum absolute atomic E-state index is 0.137. The van der Waals surface area contributed by atoms with Crippen LogP contribution in [0.15, 0.2) is 84.9 Å². The van der Waals surface area contributed by atoms with Crippen molar-refractivity contribution in [2.24, 2.45) is 0 Å². The maximum atomic E-state index is 13.1. The van der Waals surface area contributed by atoms with Crippen LogP contribution in [0, 0.1) is 13.8 Å². The van der Waals surface area contributed by atoms with Crippen LogP contribution >= 0.6 is 0 Å². The van der Waals surface area contributed by atoms with Gasteiger partial charge < -0.3 is 14.6 Å². The Morgan fingerprint density at radius 1 is 0.867 bits per heavy atom. The summed E-state index contributed by atoms with van der Waals surface area (Å²) in [5.74, 6) is 0.612. The van der Waals surface area contributed by atoms with Gasteiger partial charge in [0.15, 0.2) is 0 Å². The average molecular weight is 396 g/mol. The third-order valence-corrected chi connectivity index (χ3v) is 5.20. The number of nitrogens with zero attached hydrogens (tertiary/aromatic N) is 1. The summed E-state index contributed by atoms with van der Waals surface area (Å²) in [5, 5.41) is 3.01. The zero-order valence-electron chi connectivity index (χ0n) is 17.3. The molecule has 3 aromatic carbocycles. The molecule has 0 unspecified atom stereocenters. The van der Waals surface area contributed by atoms with Crippen molar-refractivity contribution in [1.29, 1.82) is 0 Å². The molecule has 150 valence electrons. The van der Waals surface area contributed by atoms with E-state index in [4.69, 9.17) is 4.74 Å². The van der Waals surface area contributed by atoms with Crippen molar-refractivity contribution in [3.63, 3.8) is 0 Å². The molecule has 0 saturated carbocycles. The van der Waals surface area contributed by atoms with Crippen molar-refractivity contribution in [3.05, 3.63) is 102 Å². The topological polar surface area (TPSA) is 43.3 Å². The Morgan fingerprint density at radius 3 is 2.23 bits per heavy atom. The van der Waals surface area contributed by atoms with Gasteiger partial charge in [-0.1, -0.05) is 60.2 Å². The molecule has 0 spiro atoms. The summed E-state index contributed by atoms with van der Waals surface area (Å²) in [6, 6.07) is 27.6. The average Bonchev–Trinajstić information content (AvgIpc) is 3.13. The largest absolute Gasteiger partial charge is 0.495 e. The summed E-state index contributed by atoms with van der Waals surface area (Å²) in [5.41, 5.74) is 6.26. The molecule has 0 aliphatic rings. The Hall–Kier alpha value is -3.79. The minimum atomic E-state index is -0.137. The fourth-order valence-corrected chi connectivity index (χ4v) is 3.62. The highest BCUT2D eigenvalue weighted by Crippen LogP contribution is 2.33. The van der Waals surface area contributed by atoms with Gasteiger partial charge in [0.25, 0.3) is 5.91 Å². The first-order chi connectivity index (χ1) is 14.6. The number of ether oxygens (including phenoxy) is 1. The monoisotopic (exact) mass is 396 g/mol. The van der Waals surface area contributed by atoms with Gasteiger partial charge in [-0.05, 0) is 49.7 Å². The van der Waals surface area contributed by atoms with E-state index in [0.717, 1.165) is 39.6 Å². The Morgan fingerprint density at radius 2 is 1.53 bits per heavy atom. The molecule has 4 heteroatoms. The number of rotatable bonds is 5. The summed E-state index contributed by atoms with van der Waals surface area (Å²) >= 11 is 0. The molecule has 0 fully saturated rings. The summed E-state index contributed by atoms with van der Waals surface area (Å²) in [6.45, 7) is 3.98. The molecular formula is C26H24N2O2. The highest BCUT2D eigenvalue weighted by Gasteiger charge is 2.21. The van der Waals surface area contributed by atoms with Crippen LogP contribution in [0.3, 0.4) is 0 Å². The van der Waals surface area contributed by atoms with Crippen LogP contribution in [0.5, 0.6) is 5.75 Å². The molecule has 4 aromatic rings. The SMILES string of the molecule is COc1ccccc1-n1c(-c2ccccc2)cc(C(=O)Nc2ccc(C)cc2)c1C. The van der Waals surface area contributed by atoms with Crippen molar-refractivity contribution in [1.82, 2.24) is 4.57 Å².